The monoisotopic (exact) mass is 233 g/mol. The smallest absolute Gasteiger partial charge is 0.0322 e. The Morgan fingerprint density at radius 2 is 1.60 bits per heavy atom. The third-order valence-electron chi connectivity index (χ3n) is 2.70. The number of halogens is 1. The summed E-state index contributed by atoms with van der Waals surface area (Å²) in [4.78, 5) is 0. The Balaban J connectivity index is 3.09. The van der Waals surface area contributed by atoms with E-state index in [9.17, 15) is 0 Å². The third-order valence-corrected chi connectivity index (χ3v) is 2.88. The molecular weight excluding hydrogens is 206 g/mol. The van der Waals surface area contributed by atoms with Crippen LogP contribution in [0.1, 0.15) is 65.7 Å². The second kappa shape index (κ2) is 10.8. The van der Waals surface area contributed by atoms with Gasteiger partial charge in [0.25, 0.3) is 0 Å². The van der Waals surface area contributed by atoms with E-state index in [2.05, 4.69) is 26.1 Å². The highest BCUT2D eigenvalue weighted by Crippen LogP contribution is 2.06. The molecule has 0 radical (unpaired) electrons. The molecule has 0 rings (SSSR count). The molecule has 2 atom stereocenters. The fourth-order valence-electron chi connectivity index (χ4n) is 1.82. The number of alkyl halides is 1. The summed E-state index contributed by atoms with van der Waals surface area (Å²) in [5, 5.41) is 3.81. The summed E-state index contributed by atoms with van der Waals surface area (Å²) in [6.07, 6.45) is 9.29. The lowest BCUT2D eigenvalue weighted by Crippen LogP contribution is -2.28. The van der Waals surface area contributed by atoms with Crippen LogP contribution in [-0.2, 0) is 0 Å². The van der Waals surface area contributed by atoms with E-state index in [1.165, 1.54) is 38.5 Å². The quantitative estimate of drug-likeness (QED) is 0.437. The van der Waals surface area contributed by atoms with Gasteiger partial charge in [-0.2, -0.15) is 0 Å². The maximum atomic E-state index is 5.93. The molecule has 0 bridgehead atoms. The molecule has 0 aromatic rings. The van der Waals surface area contributed by atoms with Crippen LogP contribution in [0.4, 0.5) is 0 Å². The molecule has 0 aliphatic heterocycles. The van der Waals surface area contributed by atoms with Crippen molar-refractivity contribution < 1.29 is 0 Å². The molecule has 15 heavy (non-hydrogen) atoms. The Morgan fingerprint density at radius 1 is 1.00 bits per heavy atom. The van der Waals surface area contributed by atoms with E-state index in [1.54, 1.807) is 0 Å². The van der Waals surface area contributed by atoms with Gasteiger partial charge in [0.2, 0.25) is 0 Å². The SMILES string of the molecule is CCCCCCCCNC(C)CC(C)Cl. The van der Waals surface area contributed by atoms with Gasteiger partial charge in [-0.15, -0.1) is 11.6 Å². The molecule has 1 N–H and O–H groups in total. The molecule has 0 fully saturated rings. The van der Waals surface area contributed by atoms with Gasteiger partial charge in [0.05, 0.1) is 0 Å². The molecule has 92 valence electrons. The summed E-state index contributed by atoms with van der Waals surface area (Å²) < 4.78 is 0. The molecule has 0 saturated heterocycles. The number of hydrogen-bond donors (Lipinski definition) is 1. The predicted molar refractivity (Wildman–Crippen MR) is 70.8 cm³/mol. The fourth-order valence-corrected chi connectivity index (χ4v) is 2.09. The Labute approximate surface area is 101 Å². The first-order valence-electron chi connectivity index (χ1n) is 6.54. The van der Waals surface area contributed by atoms with Crippen LogP contribution in [0, 0.1) is 0 Å². The van der Waals surface area contributed by atoms with Crippen molar-refractivity contribution in [3.8, 4) is 0 Å². The third kappa shape index (κ3) is 12.2. The van der Waals surface area contributed by atoms with Crippen LogP contribution >= 0.6 is 11.6 Å². The lowest BCUT2D eigenvalue weighted by molar-refractivity contribution is 0.489. The van der Waals surface area contributed by atoms with E-state index in [0.29, 0.717) is 6.04 Å². The molecule has 0 saturated carbocycles. The van der Waals surface area contributed by atoms with Crippen molar-refractivity contribution in [2.45, 2.75) is 77.1 Å². The zero-order valence-electron chi connectivity index (χ0n) is 10.7. The minimum atomic E-state index is 0.289. The van der Waals surface area contributed by atoms with Crippen molar-refractivity contribution in [1.29, 1.82) is 0 Å². The first-order valence-corrected chi connectivity index (χ1v) is 6.98. The highest BCUT2D eigenvalue weighted by Gasteiger charge is 2.04. The van der Waals surface area contributed by atoms with E-state index in [-0.39, 0.29) is 5.38 Å². The van der Waals surface area contributed by atoms with E-state index >= 15 is 0 Å². The minimum Gasteiger partial charge on any atom is -0.314 e. The van der Waals surface area contributed by atoms with Crippen LogP contribution in [0.25, 0.3) is 0 Å². The van der Waals surface area contributed by atoms with Crippen molar-refractivity contribution >= 4 is 11.6 Å². The van der Waals surface area contributed by atoms with Gasteiger partial charge in [-0.25, -0.2) is 0 Å². The number of nitrogens with one attached hydrogen (secondary N) is 1. The van der Waals surface area contributed by atoms with Crippen LogP contribution < -0.4 is 5.32 Å². The first-order chi connectivity index (χ1) is 7.16. The maximum absolute atomic E-state index is 5.93. The van der Waals surface area contributed by atoms with Gasteiger partial charge in [-0.1, -0.05) is 39.0 Å². The second-order valence-corrected chi connectivity index (χ2v) is 5.38. The van der Waals surface area contributed by atoms with Crippen molar-refractivity contribution in [2.75, 3.05) is 6.54 Å². The summed E-state index contributed by atoms with van der Waals surface area (Å²) in [5.74, 6) is 0. The summed E-state index contributed by atoms with van der Waals surface area (Å²) in [6.45, 7) is 7.69. The van der Waals surface area contributed by atoms with E-state index in [0.717, 1.165) is 13.0 Å². The molecule has 2 unspecified atom stereocenters. The Hall–Kier alpha value is 0.250. The standard InChI is InChI=1S/C13H28ClN/c1-4-5-6-7-8-9-10-15-13(3)11-12(2)14/h12-13,15H,4-11H2,1-3H3. The normalized spacial score (nSPS) is 15.2. The zero-order valence-corrected chi connectivity index (χ0v) is 11.4. The Bertz CT molecular complexity index is 126. The average Bonchev–Trinajstić information content (AvgIpc) is 2.15. The van der Waals surface area contributed by atoms with Crippen LogP contribution in [-0.4, -0.2) is 18.0 Å². The van der Waals surface area contributed by atoms with Gasteiger partial charge in [-0.05, 0) is 33.2 Å². The van der Waals surface area contributed by atoms with Crippen LogP contribution in [0.3, 0.4) is 0 Å². The van der Waals surface area contributed by atoms with Crippen molar-refractivity contribution in [1.82, 2.24) is 5.32 Å². The van der Waals surface area contributed by atoms with E-state index < -0.39 is 0 Å². The zero-order chi connectivity index (χ0) is 11.5. The molecule has 0 aliphatic carbocycles. The maximum Gasteiger partial charge on any atom is 0.0322 e. The molecule has 0 aromatic carbocycles. The summed E-state index contributed by atoms with van der Waals surface area (Å²) >= 11 is 5.93. The number of rotatable bonds is 10. The van der Waals surface area contributed by atoms with Crippen LogP contribution in [0.15, 0.2) is 0 Å². The topological polar surface area (TPSA) is 12.0 Å². The fraction of sp³-hybridized carbons (Fsp3) is 1.00. The van der Waals surface area contributed by atoms with Crippen LogP contribution in [0.2, 0.25) is 0 Å². The highest BCUT2D eigenvalue weighted by atomic mass is 35.5. The molecular formula is C13H28ClN. The van der Waals surface area contributed by atoms with Crippen molar-refractivity contribution in [3.05, 3.63) is 0 Å². The van der Waals surface area contributed by atoms with Gasteiger partial charge in [-0.3, -0.25) is 0 Å². The van der Waals surface area contributed by atoms with E-state index in [1.807, 2.05) is 0 Å². The largest absolute Gasteiger partial charge is 0.314 e. The Morgan fingerprint density at radius 3 is 2.20 bits per heavy atom. The second-order valence-electron chi connectivity index (χ2n) is 4.64. The summed E-state index contributed by atoms with van der Waals surface area (Å²) in [5.41, 5.74) is 0. The highest BCUT2D eigenvalue weighted by molar-refractivity contribution is 6.20. The molecule has 0 aromatic heterocycles. The van der Waals surface area contributed by atoms with Gasteiger partial charge < -0.3 is 5.32 Å². The van der Waals surface area contributed by atoms with E-state index in [4.69, 9.17) is 11.6 Å². The first kappa shape index (κ1) is 15.2. The Kier molecular flexibility index (Phi) is 10.9. The molecule has 0 aliphatic rings. The lowest BCUT2D eigenvalue weighted by atomic mass is 10.1. The molecule has 1 nitrogen and oxygen atoms in total. The molecule has 0 heterocycles. The molecule has 0 spiro atoms. The van der Waals surface area contributed by atoms with Gasteiger partial charge >= 0.3 is 0 Å². The van der Waals surface area contributed by atoms with Gasteiger partial charge in [0.15, 0.2) is 0 Å². The number of hydrogen-bond acceptors (Lipinski definition) is 1. The van der Waals surface area contributed by atoms with Gasteiger partial charge in [0, 0.05) is 11.4 Å². The average molecular weight is 234 g/mol. The van der Waals surface area contributed by atoms with Crippen molar-refractivity contribution in [2.24, 2.45) is 0 Å². The summed E-state index contributed by atoms with van der Waals surface area (Å²) in [7, 11) is 0. The van der Waals surface area contributed by atoms with Gasteiger partial charge in [0.1, 0.15) is 0 Å². The molecule has 2 heteroatoms. The molecule has 0 amide bonds. The van der Waals surface area contributed by atoms with Crippen molar-refractivity contribution in [3.63, 3.8) is 0 Å². The minimum absolute atomic E-state index is 0.289. The number of unbranched alkanes of at least 4 members (excludes halogenated alkanes) is 5. The van der Waals surface area contributed by atoms with Crippen LogP contribution in [0.5, 0.6) is 0 Å². The lowest BCUT2D eigenvalue weighted by Gasteiger charge is -2.14. The summed E-state index contributed by atoms with van der Waals surface area (Å²) in [6, 6.07) is 0.563. The predicted octanol–water partition coefficient (Wildman–Crippen LogP) is 4.34.